The van der Waals surface area contributed by atoms with Crippen LogP contribution in [0.2, 0.25) is 0 Å². The largest absolute Gasteiger partial charge is 0.326 e. The van der Waals surface area contributed by atoms with Crippen LogP contribution in [0.25, 0.3) is 0 Å². The minimum Gasteiger partial charge on any atom is -0.326 e. The van der Waals surface area contributed by atoms with E-state index in [0.29, 0.717) is 11.3 Å². The Morgan fingerprint density at radius 2 is 1.76 bits per heavy atom. The van der Waals surface area contributed by atoms with Gasteiger partial charge in [0.1, 0.15) is 0 Å². The van der Waals surface area contributed by atoms with Crippen LogP contribution in [-0.2, 0) is 4.79 Å². The van der Waals surface area contributed by atoms with E-state index in [1.807, 2.05) is 0 Å². The highest BCUT2D eigenvalue weighted by molar-refractivity contribution is 5.96. The van der Waals surface area contributed by atoms with E-state index in [4.69, 9.17) is 0 Å². The number of hydrogen-bond donors (Lipinski definition) is 2. The van der Waals surface area contributed by atoms with Gasteiger partial charge in [0, 0.05) is 30.6 Å². The van der Waals surface area contributed by atoms with Crippen molar-refractivity contribution in [3.05, 3.63) is 59.9 Å². The van der Waals surface area contributed by atoms with Gasteiger partial charge in [-0.2, -0.15) is 5.10 Å². The van der Waals surface area contributed by atoms with Gasteiger partial charge in [0.15, 0.2) is 0 Å². The van der Waals surface area contributed by atoms with Crippen LogP contribution in [-0.4, -0.2) is 23.0 Å². The minimum atomic E-state index is -0.324. The molecule has 0 aliphatic rings. The van der Waals surface area contributed by atoms with Gasteiger partial charge in [-0.25, -0.2) is 5.43 Å². The molecule has 0 atom stereocenters. The van der Waals surface area contributed by atoms with E-state index in [1.165, 1.54) is 13.1 Å². The summed E-state index contributed by atoms with van der Waals surface area (Å²) in [5, 5.41) is 6.50. The van der Waals surface area contributed by atoms with Gasteiger partial charge in [-0.05, 0) is 42.0 Å². The van der Waals surface area contributed by atoms with Crippen molar-refractivity contribution < 1.29 is 9.59 Å². The summed E-state index contributed by atoms with van der Waals surface area (Å²) in [7, 11) is 0. The number of benzene rings is 1. The van der Waals surface area contributed by atoms with Crippen molar-refractivity contribution >= 4 is 23.7 Å². The third kappa shape index (κ3) is 4.54. The predicted octanol–water partition coefficient (Wildman–Crippen LogP) is 1.80. The molecule has 1 heterocycles. The van der Waals surface area contributed by atoms with Crippen molar-refractivity contribution in [1.82, 2.24) is 10.4 Å². The summed E-state index contributed by atoms with van der Waals surface area (Å²) in [5.74, 6) is -0.483. The van der Waals surface area contributed by atoms with Crippen LogP contribution in [0.3, 0.4) is 0 Å². The first kappa shape index (κ1) is 14.4. The van der Waals surface area contributed by atoms with Crippen molar-refractivity contribution in [2.75, 3.05) is 5.32 Å². The summed E-state index contributed by atoms with van der Waals surface area (Å²) in [5.41, 5.74) is 4.36. The fourth-order valence-corrected chi connectivity index (χ4v) is 1.59. The zero-order valence-corrected chi connectivity index (χ0v) is 11.4. The standard InChI is InChI=1S/C15H14N4O2/c1-11(20)18-14-4-2-13(3-5-14)15(21)19-17-10-12-6-8-16-9-7-12/h2-10H,1H3,(H,18,20)(H,19,21). The lowest BCUT2D eigenvalue weighted by Gasteiger charge is -2.03. The zero-order valence-electron chi connectivity index (χ0n) is 11.4. The molecule has 0 aliphatic heterocycles. The quantitative estimate of drug-likeness (QED) is 0.662. The van der Waals surface area contributed by atoms with Gasteiger partial charge in [-0.15, -0.1) is 0 Å². The van der Waals surface area contributed by atoms with Crippen LogP contribution in [0.15, 0.2) is 53.9 Å². The van der Waals surface area contributed by atoms with Crippen molar-refractivity contribution in [1.29, 1.82) is 0 Å². The number of carbonyl (C=O) groups excluding carboxylic acids is 2. The Balaban J connectivity index is 1.94. The van der Waals surface area contributed by atoms with Crippen molar-refractivity contribution in [3.8, 4) is 0 Å². The molecular weight excluding hydrogens is 268 g/mol. The normalized spacial score (nSPS) is 10.3. The molecular formula is C15H14N4O2. The monoisotopic (exact) mass is 282 g/mol. The Kier molecular flexibility index (Phi) is 4.76. The molecule has 2 N–H and O–H groups in total. The predicted molar refractivity (Wildman–Crippen MR) is 80.0 cm³/mol. The van der Waals surface area contributed by atoms with E-state index < -0.39 is 0 Å². The molecule has 0 bridgehead atoms. The second-order valence-corrected chi connectivity index (χ2v) is 4.24. The van der Waals surface area contributed by atoms with Crippen LogP contribution in [0, 0.1) is 0 Å². The molecule has 2 amide bonds. The molecule has 0 radical (unpaired) electrons. The molecule has 2 aromatic rings. The lowest BCUT2D eigenvalue weighted by molar-refractivity contribution is -0.114. The Bertz CT molecular complexity index is 651. The van der Waals surface area contributed by atoms with E-state index in [9.17, 15) is 9.59 Å². The van der Waals surface area contributed by atoms with Crippen molar-refractivity contribution in [2.45, 2.75) is 6.92 Å². The molecule has 1 aromatic heterocycles. The first-order valence-electron chi connectivity index (χ1n) is 6.26. The number of nitrogens with zero attached hydrogens (tertiary/aromatic N) is 2. The molecule has 0 spiro atoms. The Hall–Kier alpha value is -3.02. The third-order valence-electron chi connectivity index (χ3n) is 2.55. The fraction of sp³-hybridized carbons (Fsp3) is 0.0667. The number of rotatable bonds is 4. The number of hydrogen-bond acceptors (Lipinski definition) is 4. The molecule has 6 heteroatoms. The SMILES string of the molecule is CC(=O)Nc1ccc(C(=O)NN=Cc2ccncc2)cc1. The number of aromatic nitrogens is 1. The molecule has 0 unspecified atom stereocenters. The number of amides is 2. The number of nitrogens with one attached hydrogen (secondary N) is 2. The van der Waals surface area contributed by atoms with Crippen LogP contribution in [0.5, 0.6) is 0 Å². The summed E-state index contributed by atoms with van der Waals surface area (Å²) in [6.45, 7) is 1.43. The highest BCUT2D eigenvalue weighted by Crippen LogP contribution is 2.09. The Morgan fingerprint density at radius 1 is 1.10 bits per heavy atom. The molecule has 0 aliphatic carbocycles. The number of hydrazone groups is 1. The van der Waals surface area contributed by atoms with Gasteiger partial charge in [0.25, 0.3) is 5.91 Å². The van der Waals surface area contributed by atoms with Crippen LogP contribution in [0.4, 0.5) is 5.69 Å². The van der Waals surface area contributed by atoms with Crippen LogP contribution in [0.1, 0.15) is 22.8 Å². The van der Waals surface area contributed by atoms with E-state index in [1.54, 1.807) is 48.8 Å². The molecule has 0 saturated heterocycles. The first-order chi connectivity index (χ1) is 10.1. The maximum Gasteiger partial charge on any atom is 0.271 e. The molecule has 1 aromatic carbocycles. The maximum atomic E-state index is 11.8. The second-order valence-electron chi connectivity index (χ2n) is 4.24. The number of anilines is 1. The Morgan fingerprint density at radius 3 is 2.38 bits per heavy atom. The summed E-state index contributed by atoms with van der Waals surface area (Å²) in [6, 6.07) is 10.1. The molecule has 21 heavy (non-hydrogen) atoms. The van der Waals surface area contributed by atoms with Gasteiger partial charge in [-0.1, -0.05) is 0 Å². The van der Waals surface area contributed by atoms with Crippen LogP contribution < -0.4 is 10.7 Å². The van der Waals surface area contributed by atoms with E-state index in [2.05, 4.69) is 20.8 Å². The van der Waals surface area contributed by atoms with E-state index in [-0.39, 0.29) is 11.8 Å². The fourth-order valence-electron chi connectivity index (χ4n) is 1.59. The molecule has 0 saturated carbocycles. The summed E-state index contributed by atoms with van der Waals surface area (Å²) in [6.07, 6.45) is 4.82. The smallest absolute Gasteiger partial charge is 0.271 e. The molecule has 106 valence electrons. The van der Waals surface area contributed by atoms with E-state index in [0.717, 1.165) is 5.56 Å². The van der Waals surface area contributed by atoms with Gasteiger partial charge >= 0.3 is 0 Å². The molecule has 2 rings (SSSR count). The second kappa shape index (κ2) is 6.95. The average molecular weight is 282 g/mol. The van der Waals surface area contributed by atoms with Crippen LogP contribution >= 0.6 is 0 Å². The highest BCUT2D eigenvalue weighted by atomic mass is 16.2. The zero-order chi connectivity index (χ0) is 15.1. The Labute approximate surface area is 121 Å². The summed E-state index contributed by atoms with van der Waals surface area (Å²) < 4.78 is 0. The topological polar surface area (TPSA) is 83.5 Å². The lowest BCUT2D eigenvalue weighted by Crippen LogP contribution is -2.17. The van der Waals surface area contributed by atoms with Crippen molar-refractivity contribution in [3.63, 3.8) is 0 Å². The summed E-state index contributed by atoms with van der Waals surface area (Å²) in [4.78, 5) is 26.6. The summed E-state index contributed by atoms with van der Waals surface area (Å²) >= 11 is 0. The molecule has 6 nitrogen and oxygen atoms in total. The third-order valence-corrected chi connectivity index (χ3v) is 2.55. The van der Waals surface area contributed by atoms with E-state index >= 15 is 0 Å². The van der Waals surface area contributed by atoms with Gasteiger partial charge in [0.2, 0.25) is 5.91 Å². The molecule has 0 fully saturated rings. The number of pyridine rings is 1. The van der Waals surface area contributed by atoms with Crippen molar-refractivity contribution in [2.24, 2.45) is 5.10 Å². The highest BCUT2D eigenvalue weighted by Gasteiger charge is 2.04. The average Bonchev–Trinajstić information content (AvgIpc) is 2.48. The van der Waals surface area contributed by atoms with Gasteiger partial charge in [0.05, 0.1) is 6.21 Å². The lowest BCUT2D eigenvalue weighted by atomic mass is 10.2. The maximum absolute atomic E-state index is 11.8. The number of carbonyl (C=O) groups is 2. The van der Waals surface area contributed by atoms with Gasteiger partial charge in [-0.3, -0.25) is 14.6 Å². The van der Waals surface area contributed by atoms with Gasteiger partial charge < -0.3 is 5.32 Å². The minimum absolute atomic E-state index is 0.158. The first-order valence-corrected chi connectivity index (χ1v) is 6.26.